The average Bonchev–Trinajstić information content (AvgIpc) is 3.09. The molecule has 0 aliphatic heterocycles. The van der Waals surface area contributed by atoms with E-state index in [1.54, 1.807) is 0 Å². The maximum absolute atomic E-state index is 12.8. The Bertz CT molecular complexity index is 1230. The minimum atomic E-state index is -0.241. The number of aromatic nitrogens is 2. The fourth-order valence-corrected chi connectivity index (χ4v) is 4.42. The smallest absolute Gasteiger partial charge is 0.251 e. The number of hydrogen-bond acceptors (Lipinski definition) is 2. The minimum Gasteiger partial charge on any atom is -0.342 e. The molecule has 0 aliphatic carbocycles. The van der Waals surface area contributed by atoms with Gasteiger partial charge in [-0.3, -0.25) is 4.79 Å². The minimum absolute atomic E-state index is 0.110. The molecule has 0 bridgehead atoms. The van der Waals surface area contributed by atoms with Crippen LogP contribution < -0.4 is 5.32 Å². The van der Waals surface area contributed by atoms with Crippen molar-refractivity contribution in [3.05, 3.63) is 98.8 Å². The molecule has 4 rings (SSSR count). The molecule has 1 heterocycles. The maximum atomic E-state index is 12.8. The second kappa shape index (κ2) is 8.67. The van der Waals surface area contributed by atoms with Crippen LogP contribution in [-0.2, 0) is 6.54 Å². The third-order valence-electron chi connectivity index (χ3n) is 5.68. The van der Waals surface area contributed by atoms with E-state index in [-0.39, 0.29) is 11.9 Å². The highest BCUT2D eigenvalue weighted by Gasteiger charge is 2.20. The molecule has 1 aromatic heterocycles. The second-order valence-electron chi connectivity index (χ2n) is 8.12. The Morgan fingerprint density at radius 2 is 1.68 bits per heavy atom. The lowest BCUT2D eigenvalue weighted by atomic mass is 9.99. The summed E-state index contributed by atoms with van der Waals surface area (Å²) >= 11 is 3.41. The second-order valence-corrected chi connectivity index (χ2v) is 9.04. The summed E-state index contributed by atoms with van der Waals surface area (Å²) in [7, 11) is 0. The zero-order chi connectivity index (χ0) is 22.1. The molecule has 0 aliphatic rings. The maximum Gasteiger partial charge on any atom is 0.251 e. The van der Waals surface area contributed by atoms with E-state index in [0.29, 0.717) is 12.1 Å². The molecule has 1 N–H and O–H groups in total. The predicted molar refractivity (Wildman–Crippen MR) is 130 cm³/mol. The molecule has 4 nitrogen and oxygen atoms in total. The largest absolute Gasteiger partial charge is 0.342 e. The summed E-state index contributed by atoms with van der Waals surface area (Å²) in [4.78, 5) is 17.7. The number of carbonyl (C=O) groups is 1. The molecule has 0 saturated heterocycles. The lowest BCUT2D eigenvalue weighted by molar-refractivity contribution is 0.0937. The van der Waals surface area contributed by atoms with E-state index in [0.717, 1.165) is 21.3 Å². The third-order valence-corrected chi connectivity index (χ3v) is 6.21. The summed E-state index contributed by atoms with van der Waals surface area (Å²) in [5.41, 5.74) is 7.74. The third kappa shape index (κ3) is 4.42. The van der Waals surface area contributed by atoms with Crippen molar-refractivity contribution in [1.82, 2.24) is 14.9 Å². The highest BCUT2D eigenvalue weighted by molar-refractivity contribution is 9.10. The molecule has 0 saturated carbocycles. The van der Waals surface area contributed by atoms with Gasteiger partial charge in [0.1, 0.15) is 5.82 Å². The van der Waals surface area contributed by atoms with Crippen LogP contribution in [0.3, 0.4) is 0 Å². The zero-order valence-electron chi connectivity index (χ0n) is 18.2. The van der Waals surface area contributed by atoms with Crippen molar-refractivity contribution in [3.8, 4) is 0 Å². The van der Waals surface area contributed by atoms with Crippen molar-refractivity contribution in [2.75, 3.05) is 0 Å². The summed E-state index contributed by atoms with van der Waals surface area (Å²) < 4.78 is 3.18. The van der Waals surface area contributed by atoms with Crippen molar-refractivity contribution in [2.24, 2.45) is 0 Å². The van der Waals surface area contributed by atoms with Crippen LogP contribution in [0, 0.1) is 20.8 Å². The Hall–Kier alpha value is -2.92. The molecule has 0 fully saturated rings. The Morgan fingerprint density at radius 1 is 1.03 bits per heavy atom. The molecule has 1 unspecified atom stereocenters. The number of imidazole rings is 1. The molecule has 0 radical (unpaired) electrons. The fourth-order valence-electron chi connectivity index (χ4n) is 4.15. The molecular weight excluding hydrogens is 450 g/mol. The molecule has 0 spiro atoms. The monoisotopic (exact) mass is 475 g/mol. The lowest BCUT2D eigenvalue weighted by Crippen LogP contribution is -2.29. The fraction of sp³-hybridized carbons (Fsp3) is 0.231. The summed E-state index contributed by atoms with van der Waals surface area (Å²) in [6, 6.07) is 19.7. The van der Waals surface area contributed by atoms with Gasteiger partial charge in [-0.05, 0) is 80.8 Å². The van der Waals surface area contributed by atoms with E-state index in [9.17, 15) is 4.79 Å². The molecule has 31 heavy (non-hydrogen) atoms. The van der Waals surface area contributed by atoms with Crippen LogP contribution in [0.15, 0.2) is 65.1 Å². The first kappa shape index (κ1) is 21.3. The van der Waals surface area contributed by atoms with Gasteiger partial charge in [-0.1, -0.05) is 45.8 Å². The Kier molecular flexibility index (Phi) is 5.96. The number of hydrogen-bond donors (Lipinski definition) is 1. The molecule has 158 valence electrons. The topological polar surface area (TPSA) is 46.9 Å². The zero-order valence-corrected chi connectivity index (χ0v) is 19.8. The van der Waals surface area contributed by atoms with Crippen LogP contribution in [0.4, 0.5) is 0 Å². The summed E-state index contributed by atoms with van der Waals surface area (Å²) in [6.45, 7) is 9.15. The van der Waals surface area contributed by atoms with E-state index in [2.05, 4.69) is 64.8 Å². The first-order valence-corrected chi connectivity index (χ1v) is 11.2. The van der Waals surface area contributed by atoms with E-state index in [1.165, 1.54) is 22.3 Å². The number of nitrogens with one attached hydrogen (secondary N) is 1. The number of benzene rings is 3. The van der Waals surface area contributed by atoms with Gasteiger partial charge in [-0.2, -0.15) is 0 Å². The highest BCUT2D eigenvalue weighted by atomic mass is 79.9. The number of rotatable bonds is 5. The molecule has 4 aromatic rings. The first-order chi connectivity index (χ1) is 14.8. The van der Waals surface area contributed by atoms with Gasteiger partial charge in [-0.25, -0.2) is 4.98 Å². The van der Waals surface area contributed by atoms with E-state index in [1.807, 2.05) is 49.4 Å². The summed E-state index contributed by atoms with van der Waals surface area (Å²) in [5, 5.41) is 3.12. The molecule has 3 aromatic carbocycles. The van der Waals surface area contributed by atoms with Gasteiger partial charge in [-0.15, -0.1) is 0 Å². The standard InChI is InChI=1S/C26H26BrN3O/c1-16-13-17(2)22(18(3)14-16)15-30-24-8-6-5-7-23(24)29-25(30)19(4)28-26(31)20-9-11-21(27)12-10-20/h5-14,19H,15H2,1-4H3,(H,28,31). The van der Waals surface area contributed by atoms with Gasteiger partial charge in [0.2, 0.25) is 0 Å². The number of carbonyl (C=O) groups excluding carboxylic acids is 1. The number of nitrogens with zero attached hydrogens (tertiary/aromatic N) is 2. The van der Waals surface area contributed by atoms with E-state index >= 15 is 0 Å². The van der Waals surface area contributed by atoms with Gasteiger partial charge in [0.25, 0.3) is 5.91 Å². The van der Waals surface area contributed by atoms with Crippen molar-refractivity contribution in [1.29, 1.82) is 0 Å². The van der Waals surface area contributed by atoms with Gasteiger partial charge < -0.3 is 9.88 Å². The van der Waals surface area contributed by atoms with Gasteiger partial charge in [0, 0.05) is 16.6 Å². The average molecular weight is 476 g/mol. The summed E-state index contributed by atoms with van der Waals surface area (Å²) in [5.74, 6) is 0.743. The Balaban J connectivity index is 1.71. The van der Waals surface area contributed by atoms with E-state index < -0.39 is 0 Å². The Labute approximate surface area is 191 Å². The van der Waals surface area contributed by atoms with Crippen molar-refractivity contribution >= 4 is 32.9 Å². The number of para-hydroxylation sites is 2. The van der Waals surface area contributed by atoms with Crippen LogP contribution in [0.1, 0.15) is 51.4 Å². The Morgan fingerprint density at radius 3 is 2.35 bits per heavy atom. The van der Waals surface area contributed by atoms with Crippen molar-refractivity contribution in [2.45, 2.75) is 40.3 Å². The molecular formula is C26H26BrN3O. The predicted octanol–water partition coefficient (Wildman–Crippen LogP) is 6.26. The van der Waals surface area contributed by atoms with Crippen molar-refractivity contribution in [3.63, 3.8) is 0 Å². The van der Waals surface area contributed by atoms with Crippen LogP contribution in [0.5, 0.6) is 0 Å². The molecule has 1 atom stereocenters. The molecule has 5 heteroatoms. The lowest BCUT2D eigenvalue weighted by Gasteiger charge is -2.19. The van der Waals surface area contributed by atoms with Crippen LogP contribution in [0.2, 0.25) is 0 Å². The van der Waals surface area contributed by atoms with E-state index in [4.69, 9.17) is 4.98 Å². The first-order valence-electron chi connectivity index (χ1n) is 10.4. The van der Waals surface area contributed by atoms with Crippen LogP contribution >= 0.6 is 15.9 Å². The van der Waals surface area contributed by atoms with Crippen molar-refractivity contribution < 1.29 is 4.79 Å². The van der Waals surface area contributed by atoms with Gasteiger partial charge in [0.05, 0.1) is 17.1 Å². The van der Waals surface area contributed by atoms with Crippen LogP contribution in [-0.4, -0.2) is 15.5 Å². The summed E-state index contributed by atoms with van der Waals surface area (Å²) in [6.07, 6.45) is 0. The van der Waals surface area contributed by atoms with Gasteiger partial charge >= 0.3 is 0 Å². The van der Waals surface area contributed by atoms with Gasteiger partial charge in [0.15, 0.2) is 0 Å². The number of halogens is 1. The normalized spacial score (nSPS) is 12.2. The highest BCUT2D eigenvalue weighted by Crippen LogP contribution is 2.25. The SMILES string of the molecule is Cc1cc(C)c(Cn2c(C(C)NC(=O)c3ccc(Br)cc3)nc3ccccc32)c(C)c1. The number of fused-ring (bicyclic) bond motifs is 1. The number of amides is 1. The molecule has 1 amide bonds. The van der Waals surface area contributed by atoms with Crippen LogP contribution in [0.25, 0.3) is 11.0 Å². The number of aryl methyl sites for hydroxylation is 3. The quantitative estimate of drug-likeness (QED) is 0.370.